The predicted molar refractivity (Wildman–Crippen MR) is 111 cm³/mol. The van der Waals surface area contributed by atoms with E-state index in [0.717, 1.165) is 38.4 Å². The third-order valence-electron chi connectivity index (χ3n) is 6.70. The summed E-state index contributed by atoms with van der Waals surface area (Å²) in [5.74, 6) is 0.133. The Balaban J connectivity index is 1.19. The van der Waals surface area contributed by atoms with Gasteiger partial charge in [0, 0.05) is 44.7 Å². The molecule has 6 nitrogen and oxygen atoms in total. The Morgan fingerprint density at radius 3 is 2.52 bits per heavy atom. The normalized spacial score (nSPS) is 24.3. The van der Waals surface area contributed by atoms with Crippen LogP contribution in [-0.4, -0.2) is 72.6 Å². The van der Waals surface area contributed by atoms with Crippen molar-refractivity contribution in [1.82, 2.24) is 15.1 Å². The molecule has 1 saturated carbocycles. The van der Waals surface area contributed by atoms with Crippen LogP contribution in [-0.2, 0) is 20.7 Å². The highest BCUT2D eigenvalue weighted by Crippen LogP contribution is 2.29. The zero-order valence-corrected chi connectivity index (χ0v) is 17.2. The van der Waals surface area contributed by atoms with Gasteiger partial charge in [-0.1, -0.05) is 36.8 Å². The summed E-state index contributed by atoms with van der Waals surface area (Å²) in [5.41, 5.74) is 1.17. The SMILES string of the molecule is O=C(CCc1ccccc1)NCC1CN(C2CCN(C3CCC3)CC2)C(=O)CO1. The van der Waals surface area contributed by atoms with Gasteiger partial charge in [-0.2, -0.15) is 0 Å². The number of amides is 2. The van der Waals surface area contributed by atoms with Gasteiger partial charge in [0.1, 0.15) is 6.61 Å². The minimum absolute atomic E-state index is 0.0368. The number of ether oxygens (including phenoxy) is 1. The number of carbonyl (C=O) groups is 2. The lowest BCUT2D eigenvalue weighted by Gasteiger charge is -2.45. The number of nitrogens with one attached hydrogen (secondary N) is 1. The number of hydrogen-bond acceptors (Lipinski definition) is 4. The first-order chi connectivity index (χ1) is 14.2. The number of rotatable bonds is 7. The highest BCUT2D eigenvalue weighted by atomic mass is 16.5. The summed E-state index contributed by atoms with van der Waals surface area (Å²) >= 11 is 0. The highest BCUT2D eigenvalue weighted by molar-refractivity contribution is 5.79. The van der Waals surface area contributed by atoms with Gasteiger partial charge in [0.25, 0.3) is 0 Å². The number of benzene rings is 1. The maximum absolute atomic E-state index is 12.4. The van der Waals surface area contributed by atoms with Crippen molar-refractivity contribution in [2.75, 3.05) is 32.8 Å². The van der Waals surface area contributed by atoms with Crippen LogP contribution < -0.4 is 5.32 Å². The molecule has 0 spiro atoms. The minimum atomic E-state index is -0.113. The molecule has 1 unspecified atom stereocenters. The van der Waals surface area contributed by atoms with Crippen LogP contribution in [0.2, 0.25) is 0 Å². The number of morpholine rings is 1. The minimum Gasteiger partial charge on any atom is -0.365 e. The first-order valence-corrected chi connectivity index (χ1v) is 11.1. The monoisotopic (exact) mass is 399 g/mol. The third-order valence-corrected chi connectivity index (χ3v) is 6.70. The molecule has 0 aromatic heterocycles. The van der Waals surface area contributed by atoms with E-state index in [1.165, 1.54) is 24.8 Å². The Labute approximate surface area is 173 Å². The zero-order chi connectivity index (χ0) is 20.1. The second kappa shape index (κ2) is 9.72. The topological polar surface area (TPSA) is 61.9 Å². The van der Waals surface area contributed by atoms with Crippen molar-refractivity contribution in [3.63, 3.8) is 0 Å². The number of carbonyl (C=O) groups excluding carboxylic acids is 2. The predicted octanol–water partition coefficient (Wildman–Crippen LogP) is 1.98. The van der Waals surface area contributed by atoms with Gasteiger partial charge < -0.3 is 19.9 Å². The summed E-state index contributed by atoms with van der Waals surface area (Å²) in [4.78, 5) is 29.2. The molecule has 2 heterocycles. The lowest BCUT2D eigenvalue weighted by molar-refractivity contribution is -0.153. The summed E-state index contributed by atoms with van der Waals surface area (Å²) in [7, 11) is 0. The maximum atomic E-state index is 12.4. The molecule has 1 aliphatic carbocycles. The quantitative estimate of drug-likeness (QED) is 0.762. The molecule has 2 amide bonds. The molecule has 0 bridgehead atoms. The molecule has 158 valence electrons. The number of likely N-dealkylation sites (tertiary alicyclic amines) is 1. The van der Waals surface area contributed by atoms with Gasteiger partial charge >= 0.3 is 0 Å². The lowest BCUT2D eigenvalue weighted by Crippen LogP contribution is -2.57. The van der Waals surface area contributed by atoms with Gasteiger partial charge in [-0.3, -0.25) is 9.59 Å². The third kappa shape index (κ3) is 5.37. The molecule has 2 aliphatic heterocycles. The summed E-state index contributed by atoms with van der Waals surface area (Å²) in [6, 6.07) is 11.1. The van der Waals surface area contributed by atoms with Gasteiger partial charge in [-0.25, -0.2) is 0 Å². The first-order valence-electron chi connectivity index (χ1n) is 11.1. The molecule has 6 heteroatoms. The summed E-state index contributed by atoms with van der Waals surface area (Å²) in [6.07, 6.45) is 7.25. The smallest absolute Gasteiger partial charge is 0.248 e. The average molecular weight is 400 g/mol. The van der Waals surface area contributed by atoms with Gasteiger partial charge in [-0.15, -0.1) is 0 Å². The van der Waals surface area contributed by atoms with Crippen LogP contribution in [0, 0.1) is 0 Å². The van der Waals surface area contributed by atoms with Crippen molar-refractivity contribution >= 4 is 11.8 Å². The van der Waals surface area contributed by atoms with E-state index < -0.39 is 0 Å². The summed E-state index contributed by atoms with van der Waals surface area (Å²) < 4.78 is 5.69. The van der Waals surface area contributed by atoms with Crippen LogP contribution in [0.3, 0.4) is 0 Å². The van der Waals surface area contributed by atoms with Crippen molar-refractivity contribution in [3.8, 4) is 0 Å². The van der Waals surface area contributed by atoms with Gasteiger partial charge in [0.2, 0.25) is 11.8 Å². The molecular formula is C23H33N3O3. The molecule has 1 aromatic rings. The van der Waals surface area contributed by atoms with Crippen LogP contribution >= 0.6 is 0 Å². The summed E-state index contributed by atoms with van der Waals surface area (Å²) in [6.45, 7) is 3.39. The second-order valence-electron chi connectivity index (χ2n) is 8.62. The Kier molecular flexibility index (Phi) is 6.82. The van der Waals surface area contributed by atoms with Crippen molar-refractivity contribution in [3.05, 3.63) is 35.9 Å². The molecule has 3 aliphatic rings. The Hall–Kier alpha value is -1.92. The van der Waals surface area contributed by atoms with Crippen LogP contribution in [0.4, 0.5) is 0 Å². The fourth-order valence-corrected chi connectivity index (χ4v) is 4.66. The number of piperidine rings is 1. The van der Waals surface area contributed by atoms with E-state index in [2.05, 4.69) is 10.2 Å². The molecule has 3 fully saturated rings. The van der Waals surface area contributed by atoms with Crippen LogP contribution in [0.1, 0.15) is 44.1 Å². The Morgan fingerprint density at radius 1 is 1.07 bits per heavy atom. The summed E-state index contributed by atoms with van der Waals surface area (Å²) in [5, 5.41) is 2.99. The van der Waals surface area contributed by atoms with Crippen molar-refractivity contribution < 1.29 is 14.3 Å². The second-order valence-corrected chi connectivity index (χ2v) is 8.62. The fourth-order valence-electron chi connectivity index (χ4n) is 4.66. The van der Waals surface area contributed by atoms with Crippen molar-refractivity contribution in [1.29, 1.82) is 0 Å². The standard InChI is InChI=1S/C23H33N3O3/c27-22(10-9-18-5-2-1-3-6-18)24-15-21-16-26(23(28)17-29-21)20-11-13-25(14-12-20)19-7-4-8-19/h1-3,5-6,19-21H,4,7-17H2,(H,24,27). The molecule has 1 atom stereocenters. The number of hydrogen-bond donors (Lipinski definition) is 1. The molecule has 29 heavy (non-hydrogen) atoms. The number of nitrogens with zero attached hydrogens (tertiary/aromatic N) is 2. The van der Waals surface area contributed by atoms with Crippen LogP contribution in [0.15, 0.2) is 30.3 Å². The average Bonchev–Trinajstić information content (AvgIpc) is 2.72. The highest BCUT2D eigenvalue weighted by Gasteiger charge is 2.35. The maximum Gasteiger partial charge on any atom is 0.248 e. The van der Waals surface area contributed by atoms with Crippen LogP contribution in [0.5, 0.6) is 0 Å². The van der Waals surface area contributed by atoms with E-state index in [0.29, 0.717) is 25.6 Å². The largest absolute Gasteiger partial charge is 0.365 e. The van der Waals surface area contributed by atoms with Crippen LogP contribution in [0.25, 0.3) is 0 Å². The molecule has 4 rings (SSSR count). The van der Waals surface area contributed by atoms with E-state index in [1.807, 2.05) is 35.2 Å². The molecule has 0 radical (unpaired) electrons. The van der Waals surface area contributed by atoms with Gasteiger partial charge in [0.15, 0.2) is 0 Å². The van der Waals surface area contributed by atoms with Crippen molar-refractivity contribution in [2.24, 2.45) is 0 Å². The molecule has 1 N–H and O–H groups in total. The Morgan fingerprint density at radius 2 is 1.83 bits per heavy atom. The van der Waals surface area contributed by atoms with E-state index in [4.69, 9.17) is 4.74 Å². The van der Waals surface area contributed by atoms with E-state index >= 15 is 0 Å². The Bertz CT molecular complexity index is 684. The first kappa shape index (κ1) is 20.4. The lowest BCUT2D eigenvalue weighted by atomic mass is 9.89. The fraction of sp³-hybridized carbons (Fsp3) is 0.652. The molecule has 1 aromatic carbocycles. The number of aryl methyl sites for hydroxylation is 1. The zero-order valence-electron chi connectivity index (χ0n) is 17.2. The van der Waals surface area contributed by atoms with Gasteiger partial charge in [-0.05, 0) is 37.7 Å². The van der Waals surface area contributed by atoms with E-state index in [9.17, 15) is 9.59 Å². The molecular weight excluding hydrogens is 366 g/mol. The van der Waals surface area contributed by atoms with Gasteiger partial charge in [0.05, 0.1) is 6.10 Å². The van der Waals surface area contributed by atoms with E-state index in [-0.39, 0.29) is 24.5 Å². The van der Waals surface area contributed by atoms with E-state index in [1.54, 1.807) is 0 Å². The molecule has 2 saturated heterocycles. The van der Waals surface area contributed by atoms with Crippen molar-refractivity contribution in [2.45, 2.75) is 63.1 Å².